The standard InChI is InChI=1S/C18H28N2O/c1-14(2)13-21-11-7-10-19-12-18-15(3)16-8-5-6-9-17(16)20(18)4/h5-6,8-9,14,19H,7,10-13H2,1-4H3. The van der Waals surface area contributed by atoms with E-state index in [9.17, 15) is 0 Å². The highest BCUT2D eigenvalue weighted by Gasteiger charge is 2.10. The summed E-state index contributed by atoms with van der Waals surface area (Å²) in [5.74, 6) is 0.622. The van der Waals surface area contributed by atoms with Crippen LogP contribution in [0.1, 0.15) is 31.5 Å². The molecule has 21 heavy (non-hydrogen) atoms. The van der Waals surface area contributed by atoms with Crippen LogP contribution in [0, 0.1) is 12.8 Å². The maximum Gasteiger partial charge on any atom is 0.0489 e. The topological polar surface area (TPSA) is 26.2 Å². The molecule has 0 aliphatic heterocycles. The first-order chi connectivity index (χ1) is 10.1. The Morgan fingerprint density at radius 3 is 2.71 bits per heavy atom. The van der Waals surface area contributed by atoms with Gasteiger partial charge in [0.25, 0.3) is 0 Å². The molecule has 1 N–H and O–H groups in total. The highest BCUT2D eigenvalue weighted by Crippen LogP contribution is 2.24. The Morgan fingerprint density at radius 1 is 1.24 bits per heavy atom. The molecule has 3 heteroatoms. The number of aryl methyl sites for hydroxylation is 2. The third-order valence-electron chi connectivity index (χ3n) is 3.89. The molecule has 0 saturated heterocycles. The van der Waals surface area contributed by atoms with E-state index in [0.29, 0.717) is 5.92 Å². The van der Waals surface area contributed by atoms with Gasteiger partial charge in [-0.2, -0.15) is 0 Å². The molecular weight excluding hydrogens is 260 g/mol. The summed E-state index contributed by atoms with van der Waals surface area (Å²) in [7, 11) is 2.15. The van der Waals surface area contributed by atoms with E-state index in [1.807, 2.05) is 0 Å². The van der Waals surface area contributed by atoms with Gasteiger partial charge in [0.1, 0.15) is 0 Å². The third kappa shape index (κ3) is 4.08. The zero-order valence-corrected chi connectivity index (χ0v) is 13.8. The zero-order valence-electron chi connectivity index (χ0n) is 13.8. The van der Waals surface area contributed by atoms with Crippen molar-refractivity contribution in [2.75, 3.05) is 19.8 Å². The highest BCUT2D eigenvalue weighted by atomic mass is 16.5. The van der Waals surface area contributed by atoms with E-state index in [4.69, 9.17) is 4.74 Å². The minimum absolute atomic E-state index is 0.622. The van der Waals surface area contributed by atoms with Gasteiger partial charge in [-0.15, -0.1) is 0 Å². The van der Waals surface area contributed by atoms with Crippen LogP contribution in [0.4, 0.5) is 0 Å². The number of fused-ring (bicyclic) bond motifs is 1. The lowest BCUT2D eigenvalue weighted by Crippen LogP contribution is -2.19. The molecule has 0 atom stereocenters. The van der Waals surface area contributed by atoms with Crippen LogP contribution in [0.3, 0.4) is 0 Å². The summed E-state index contributed by atoms with van der Waals surface area (Å²) in [6.07, 6.45) is 1.07. The second kappa shape index (κ2) is 7.62. The molecule has 0 saturated carbocycles. The second-order valence-electron chi connectivity index (χ2n) is 6.15. The summed E-state index contributed by atoms with van der Waals surface area (Å²) in [6, 6.07) is 8.60. The van der Waals surface area contributed by atoms with Gasteiger partial charge in [0.2, 0.25) is 0 Å². The summed E-state index contributed by atoms with van der Waals surface area (Å²) in [6.45, 7) is 10.2. The van der Waals surface area contributed by atoms with Crippen molar-refractivity contribution in [2.24, 2.45) is 13.0 Å². The minimum atomic E-state index is 0.622. The van der Waals surface area contributed by atoms with E-state index in [1.54, 1.807) is 0 Å². The molecule has 0 bridgehead atoms. The van der Waals surface area contributed by atoms with Gasteiger partial charge in [0, 0.05) is 43.4 Å². The smallest absolute Gasteiger partial charge is 0.0489 e. The normalized spacial score (nSPS) is 11.7. The van der Waals surface area contributed by atoms with Gasteiger partial charge < -0.3 is 14.6 Å². The fourth-order valence-electron chi connectivity index (χ4n) is 2.71. The van der Waals surface area contributed by atoms with Crippen LogP contribution < -0.4 is 5.32 Å². The predicted molar refractivity (Wildman–Crippen MR) is 89.6 cm³/mol. The molecule has 3 nitrogen and oxygen atoms in total. The van der Waals surface area contributed by atoms with Gasteiger partial charge in [-0.05, 0) is 37.4 Å². The van der Waals surface area contributed by atoms with Crippen molar-refractivity contribution in [3.05, 3.63) is 35.5 Å². The lowest BCUT2D eigenvalue weighted by Gasteiger charge is -2.09. The lowest BCUT2D eigenvalue weighted by molar-refractivity contribution is 0.108. The molecule has 1 aromatic carbocycles. The Hall–Kier alpha value is -1.32. The molecule has 0 radical (unpaired) electrons. The van der Waals surface area contributed by atoms with Crippen LogP contribution in [-0.2, 0) is 18.3 Å². The SMILES string of the molecule is Cc1c(CNCCCOCC(C)C)n(C)c2ccccc12. The van der Waals surface area contributed by atoms with Crippen molar-refractivity contribution in [2.45, 2.75) is 33.7 Å². The van der Waals surface area contributed by atoms with Crippen LogP contribution >= 0.6 is 0 Å². The Bertz CT molecular complexity index is 533. The lowest BCUT2D eigenvalue weighted by atomic mass is 10.1. The average Bonchev–Trinajstić information content (AvgIpc) is 2.71. The van der Waals surface area contributed by atoms with E-state index in [-0.39, 0.29) is 0 Å². The molecule has 0 spiro atoms. The average molecular weight is 288 g/mol. The molecule has 0 aliphatic rings. The molecule has 1 heterocycles. The monoisotopic (exact) mass is 288 g/mol. The van der Waals surface area contributed by atoms with E-state index in [1.165, 1.54) is 22.2 Å². The van der Waals surface area contributed by atoms with Crippen LogP contribution in [0.2, 0.25) is 0 Å². The molecule has 1 aromatic heterocycles. The molecule has 116 valence electrons. The van der Waals surface area contributed by atoms with Gasteiger partial charge in [0.05, 0.1) is 0 Å². The number of hydrogen-bond acceptors (Lipinski definition) is 2. The fraction of sp³-hybridized carbons (Fsp3) is 0.556. The van der Waals surface area contributed by atoms with Gasteiger partial charge in [0.15, 0.2) is 0 Å². The number of benzene rings is 1. The molecule has 0 fully saturated rings. The summed E-state index contributed by atoms with van der Waals surface area (Å²) in [5, 5.41) is 4.89. The number of aromatic nitrogens is 1. The first kappa shape index (κ1) is 16.1. The summed E-state index contributed by atoms with van der Waals surface area (Å²) >= 11 is 0. The summed E-state index contributed by atoms with van der Waals surface area (Å²) < 4.78 is 7.90. The third-order valence-corrected chi connectivity index (χ3v) is 3.89. The number of hydrogen-bond donors (Lipinski definition) is 1. The first-order valence-corrected chi connectivity index (χ1v) is 7.92. The molecule has 2 rings (SSSR count). The largest absolute Gasteiger partial charge is 0.381 e. The quantitative estimate of drug-likeness (QED) is 0.751. The maximum absolute atomic E-state index is 5.60. The number of rotatable bonds is 8. The van der Waals surface area contributed by atoms with E-state index in [2.05, 4.69) is 62.0 Å². The predicted octanol–water partition coefficient (Wildman–Crippen LogP) is 3.64. The van der Waals surface area contributed by atoms with Crippen molar-refractivity contribution < 1.29 is 4.74 Å². The highest BCUT2D eigenvalue weighted by molar-refractivity contribution is 5.85. The second-order valence-corrected chi connectivity index (χ2v) is 6.15. The van der Waals surface area contributed by atoms with Crippen molar-refractivity contribution in [1.29, 1.82) is 0 Å². The van der Waals surface area contributed by atoms with Crippen LogP contribution in [0.5, 0.6) is 0 Å². The van der Waals surface area contributed by atoms with Crippen molar-refractivity contribution >= 4 is 10.9 Å². The van der Waals surface area contributed by atoms with Gasteiger partial charge in [-0.3, -0.25) is 0 Å². The van der Waals surface area contributed by atoms with Crippen molar-refractivity contribution in [3.63, 3.8) is 0 Å². The number of nitrogens with zero attached hydrogens (tertiary/aromatic N) is 1. The number of ether oxygens (including phenoxy) is 1. The maximum atomic E-state index is 5.60. The molecular formula is C18H28N2O. The van der Waals surface area contributed by atoms with Gasteiger partial charge >= 0.3 is 0 Å². The number of nitrogens with one attached hydrogen (secondary N) is 1. The van der Waals surface area contributed by atoms with Crippen LogP contribution in [-0.4, -0.2) is 24.3 Å². The molecule has 0 amide bonds. The molecule has 0 unspecified atom stereocenters. The minimum Gasteiger partial charge on any atom is -0.381 e. The van der Waals surface area contributed by atoms with E-state index >= 15 is 0 Å². The van der Waals surface area contributed by atoms with Crippen molar-refractivity contribution in [1.82, 2.24) is 9.88 Å². The van der Waals surface area contributed by atoms with Crippen molar-refractivity contribution in [3.8, 4) is 0 Å². The molecule has 0 aliphatic carbocycles. The Morgan fingerprint density at radius 2 is 2.00 bits per heavy atom. The van der Waals surface area contributed by atoms with Gasteiger partial charge in [-0.1, -0.05) is 32.0 Å². The summed E-state index contributed by atoms with van der Waals surface area (Å²) in [5.41, 5.74) is 4.07. The van der Waals surface area contributed by atoms with E-state index in [0.717, 1.165) is 32.7 Å². The summed E-state index contributed by atoms with van der Waals surface area (Å²) in [4.78, 5) is 0. The Balaban J connectivity index is 1.81. The zero-order chi connectivity index (χ0) is 15.2. The first-order valence-electron chi connectivity index (χ1n) is 7.92. The van der Waals surface area contributed by atoms with Crippen LogP contribution in [0.15, 0.2) is 24.3 Å². The fourth-order valence-corrected chi connectivity index (χ4v) is 2.71. The Kier molecular flexibility index (Phi) is 5.83. The van der Waals surface area contributed by atoms with Gasteiger partial charge in [-0.25, -0.2) is 0 Å². The Labute approximate surface area is 128 Å². The van der Waals surface area contributed by atoms with Crippen LogP contribution in [0.25, 0.3) is 10.9 Å². The van der Waals surface area contributed by atoms with E-state index < -0.39 is 0 Å². The molecule has 2 aromatic rings. The number of para-hydroxylation sites is 1.